The zero-order chi connectivity index (χ0) is 15.4. The Kier molecular flexibility index (Phi) is 5.65. The van der Waals surface area contributed by atoms with Crippen molar-refractivity contribution in [2.45, 2.75) is 59.0 Å². The van der Waals surface area contributed by atoms with Crippen molar-refractivity contribution in [3.05, 3.63) is 23.2 Å². The molecule has 0 bridgehead atoms. The van der Waals surface area contributed by atoms with Gasteiger partial charge >= 0.3 is 6.18 Å². The van der Waals surface area contributed by atoms with Gasteiger partial charge in [-0.05, 0) is 33.8 Å². The topological polar surface area (TPSA) is 34.4 Å². The van der Waals surface area contributed by atoms with Crippen LogP contribution in [-0.4, -0.2) is 18.3 Å². The number of ether oxygens (including phenoxy) is 1. The summed E-state index contributed by atoms with van der Waals surface area (Å²) in [5.41, 5.74) is 0.988. The van der Waals surface area contributed by atoms with Gasteiger partial charge in [0.25, 0.3) is 0 Å². The first-order valence-corrected chi connectivity index (χ1v) is 6.54. The standard InChI is InChI=1S/C14H22F3NO2/c1-10-11(8-18-13(2,3)4)7-12(20-10)9-19-6-5-14(15,16)17/h7,18H,5-6,8-9H2,1-4H3. The molecule has 0 unspecified atom stereocenters. The van der Waals surface area contributed by atoms with Crippen LogP contribution < -0.4 is 5.32 Å². The number of furan rings is 1. The van der Waals surface area contributed by atoms with Crippen molar-refractivity contribution in [1.82, 2.24) is 5.32 Å². The number of aryl methyl sites for hydroxylation is 1. The van der Waals surface area contributed by atoms with E-state index in [4.69, 9.17) is 9.15 Å². The van der Waals surface area contributed by atoms with Gasteiger partial charge in [0.2, 0.25) is 0 Å². The minimum absolute atomic E-state index is 0.00686. The molecule has 116 valence electrons. The van der Waals surface area contributed by atoms with Crippen LogP contribution in [-0.2, 0) is 17.9 Å². The van der Waals surface area contributed by atoms with Gasteiger partial charge in [0.15, 0.2) is 0 Å². The second kappa shape index (κ2) is 6.63. The maximum Gasteiger partial charge on any atom is 0.391 e. The van der Waals surface area contributed by atoms with E-state index in [-0.39, 0.29) is 18.8 Å². The first kappa shape index (κ1) is 17.0. The monoisotopic (exact) mass is 293 g/mol. The molecule has 3 nitrogen and oxygen atoms in total. The summed E-state index contributed by atoms with van der Waals surface area (Å²) in [6, 6.07) is 1.82. The molecule has 1 aromatic heterocycles. The SMILES string of the molecule is Cc1oc(COCCC(F)(F)F)cc1CNC(C)(C)C. The maximum atomic E-state index is 12.0. The Morgan fingerprint density at radius 3 is 2.45 bits per heavy atom. The molecule has 20 heavy (non-hydrogen) atoms. The van der Waals surface area contributed by atoms with Gasteiger partial charge in [-0.15, -0.1) is 0 Å². The number of nitrogens with one attached hydrogen (secondary N) is 1. The molecule has 0 radical (unpaired) electrons. The molecule has 0 aliphatic rings. The predicted molar refractivity (Wildman–Crippen MR) is 70.4 cm³/mol. The van der Waals surface area contributed by atoms with Crippen LogP contribution in [0.25, 0.3) is 0 Å². The van der Waals surface area contributed by atoms with Gasteiger partial charge in [0.05, 0.1) is 13.0 Å². The van der Waals surface area contributed by atoms with E-state index in [1.165, 1.54) is 0 Å². The zero-order valence-electron chi connectivity index (χ0n) is 12.4. The van der Waals surface area contributed by atoms with E-state index in [0.717, 1.165) is 11.3 Å². The third kappa shape index (κ3) is 6.96. The number of halogens is 3. The summed E-state index contributed by atoms with van der Waals surface area (Å²) in [5, 5.41) is 3.33. The minimum Gasteiger partial charge on any atom is -0.464 e. The highest BCUT2D eigenvalue weighted by atomic mass is 19.4. The lowest BCUT2D eigenvalue weighted by Crippen LogP contribution is -2.35. The van der Waals surface area contributed by atoms with E-state index in [0.29, 0.717) is 12.3 Å². The van der Waals surface area contributed by atoms with Crippen molar-refractivity contribution in [2.75, 3.05) is 6.61 Å². The highest BCUT2D eigenvalue weighted by Gasteiger charge is 2.26. The number of rotatable bonds is 6. The van der Waals surface area contributed by atoms with Gasteiger partial charge in [-0.2, -0.15) is 13.2 Å². The lowest BCUT2D eigenvalue weighted by Gasteiger charge is -2.20. The van der Waals surface area contributed by atoms with Crippen molar-refractivity contribution >= 4 is 0 Å². The minimum atomic E-state index is -4.18. The molecular formula is C14H22F3NO2. The molecule has 0 aromatic carbocycles. The van der Waals surface area contributed by atoms with Crippen LogP contribution >= 0.6 is 0 Å². The van der Waals surface area contributed by atoms with Crippen LogP contribution in [0, 0.1) is 6.92 Å². The predicted octanol–water partition coefficient (Wildman–Crippen LogP) is 3.95. The third-order valence-electron chi connectivity index (χ3n) is 2.65. The number of alkyl halides is 3. The Labute approximate surface area is 117 Å². The quantitative estimate of drug-likeness (QED) is 0.807. The molecule has 1 aromatic rings. The van der Waals surface area contributed by atoms with E-state index in [2.05, 4.69) is 26.1 Å². The molecular weight excluding hydrogens is 271 g/mol. The van der Waals surface area contributed by atoms with Crippen molar-refractivity contribution in [3.8, 4) is 0 Å². The largest absolute Gasteiger partial charge is 0.464 e. The van der Waals surface area contributed by atoms with Gasteiger partial charge in [-0.1, -0.05) is 0 Å². The highest BCUT2D eigenvalue weighted by molar-refractivity contribution is 5.20. The van der Waals surface area contributed by atoms with Gasteiger partial charge in [-0.25, -0.2) is 0 Å². The molecule has 6 heteroatoms. The normalized spacial score (nSPS) is 12.9. The molecule has 1 rings (SSSR count). The Hall–Kier alpha value is -1.01. The molecule has 0 saturated heterocycles. The Bertz CT molecular complexity index is 419. The van der Waals surface area contributed by atoms with Gasteiger partial charge in [-0.3, -0.25) is 0 Å². The van der Waals surface area contributed by atoms with E-state index < -0.39 is 12.6 Å². The third-order valence-corrected chi connectivity index (χ3v) is 2.65. The van der Waals surface area contributed by atoms with Gasteiger partial charge in [0, 0.05) is 17.6 Å². The molecule has 0 saturated carbocycles. The summed E-state index contributed by atoms with van der Waals surface area (Å²) in [6.45, 7) is 8.38. The van der Waals surface area contributed by atoms with Crippen molar-refractivity contribution < 1.29 is 22.3 Å². The summed E-state index contributed by atoms with van der Waals surface area (Å²) in [4.78, 5) is 0. The molecule has 0 atom stereocenters. The molecule has 0 aliphatic heterocycles. The van der Waals surface area contributed by atoms with E-state index in [1.54, 1.807) is 0 Å². The molecule has 0 aliphatic carbocycles. The molecule has 0 spiro atoms. The van der Waals surface area contributed by atoms with Crippen LogP contribution in [0.3, 0.4) is 0 Å². The second-order valence-electron chi connectivity index (χ2n) is 5.82. The Morgan fingerprint density at radius 2 is 1.90 bits per heavy atom. The fraction of sp³-hybridized carbons (Fsp3) is 0.714. The number of hydrogen-bond acceptors (Lipinski definition) is 3. The van der Waals surface area contributed by atoms with Gasteiger partial charge in [0.1, 0.15) is 18.1 Å². The van der Waals surface area contributed by atoms with E-state index >= 15 is 0 Å². The van der Waals surface area contributed by atoms with Crippen LogP contribution in [0.2, 0.25) is 0 Å². The highest BCUT2D eigenvalue weighted by Crippen LogP contribution is 2.20. The fourth-order valence-electron chi connectivity index (χ4n) is 1.56. The Balaban J connectivity index is 2.41. The smallest absolute Gasteiger partial charge is 0.391 e. The first-order chi connectivity index (χ1) is 9.07. The number of hydrogen-bond donors (Lipinski definition) is 1. The first-order valence-electron chi connectivity index (χ1n) is 6.54. The van der Waals surface area contributed by atoms with Gasteiger partial charge < -0.3 is 14.5 Å². The van der Waals surface area contributed by atoms with Crippen LogP contribution in [0.1, 0.15) is 44.3 Å². The summed E-state index contributed by atoms with van der Waals surface area (Å²) >= 11 is 0. The molecule has 1 N–H and O–H groups in total. The molecule has 0 amide bonds. The van der Waals surface area contributed by atoms with E-state index in [9.17, 15) is 13.2 Å². The maximum absolute atomic E-state index is 12.0. The van der Waals surface area contributed by atoms with Crippen molar-refractivity contribution in [1.29, 1.82) is 0 Å². The molecule has 1 heterocycles. The average Bonchev–Trinajstić information content (AvgIpc) is 2.60. The van der Waals surface area contributed by atoms with Crippen molar-refractivity contribution in [3.63, 3.8) is 0 Å². The lowest BCUT2D eigenvalue weighted by molar-refractivity contribution is -0.146. The summed E-state index contributed by atoms with van der Waals surface area (Å²) in [5.74, 6) is 1.31. The van der Waals surface area contributed by atoms with Crippen LogP contribution in [0.4, 0.5) is 13.2 Å². The van der Waals surface area contributed by atoms with Crippen molar-refractivity contribution in [2.24, 2.45) is 0 Å². The summed E-state index contributed by atoms with van der Waals surface area (Å²) < 4.78 is 46.3. The van der Waals surface area contributed by atoms with Crippen LogP contribution in [0.5, 0.6) is 0 Å². The molecule has 0 fully saturated rings. The van der Waals surface area contributed by atoms with E-state index in [1.807, 2.05) is 13.0 Å². The van der Waals surface area contributed by atoms with Crippen LogP contribution in [0.15, 0.2) is 10.5 Å². The fourth-order valence-corrected chi connectivity index (χ4v) is 1.56. The Morgan fingerprint density at radius 1 is 1.25 bits per heavy atom. The summed E-state index contributed by atoms with van der Waals surface area (Å²) in [7, 11) is 0. The second-order valence-corrected chi connectivity index (χ2v) is 5.82. The average molecular weight is 293 g/mol. The summed E-state index contributed by atoms with van der Waals surface area (Å²) in [6.07, 6.45) is -5.12. The zero-order valence-corrected chi connectivity index (χ0v) is 12.4. The lowest BCUT2D eigenvalue weighted by atomic mass is 10.1.